The zero-order valence-corrected chi connectivity index (χ0v) is 13.6. The zero-order valence-electron chi connectivity index (χ0n) is 12.0. The van der Waals surface area contributed by atoms with Gasteiger partial charge in [-0.1, -0.05) is 53.2 Å². The van der Waals surface area contributed by atoms with E-state index in [4.69, 9.17) is 0 Å². The molecule has 0 saturated carbocycles. The molecule has 21 heavy (non-hydrogen) atoms. The van der Waals surface area contributed by atoms with Crippen molar-refractivity contribution in [1.82, 2.24) is 15.1 Å². The summed E-state index contributed by atoms with van der Waals surface area (Å²) < 4.78 is 3.18. The maximum atomic E-state index is 4.49. The Morgan fingerprint density at radius 1 is 1.19 bits per heavy atom. The molecule has 3 nitrogen and oxygen atoms in total. The molecular weight excluding hydrogens is 326 g/mol. The second kappa shape index (κ2) is 6.41. The van der Waals surface area contributed by atoms with E-state index in [0.29, 0.717) is 0 Å². The lowest BCUT2D eigenvalue weighted by molar-refractivity contribution is 0.706. The Hall–Kier alpha value is -1.65. The number of fused-ring (bicyclic) bond motifs is 1. The number of hydrogen-bond donors (Lipinski definition) is 1. The van der Waals surface area contributed by atoms with Gasteiger partial charge in [-0.3, -0.25) is 4.68 Å². The van der Waals surface area contributed by atoms with Crippen LogP contribution >= 0.6 is 15.9 Å². The normalized spacial score (nSPS) is 11.1. The predicted molar refractivity (Wildman–Crippen MR) is 90.4 cm³/mol. The van der Waals surface area contributed by atoms with Gasteiger partial charge >= 0.3 is 0 Å². The van der Waals surface area contributed by atoms with Crippen LogP contribution in [0.2, 0.25) is 0 Å². The Balaban J connectivity index is 1.84. The molecule has 3 aromatic rings. The maximum Gasteiger partial charge on any atom is 0.0686 e. The first-order chi connectivity index (χ1) is 10.3. The van der Waals surface area contributed by atoms with E-state index in [0.717, 1.165) is 24.1 Å². The number of benzene rings is 2. The minimum absolute atomic E-state index is 0.773. The Morgan fingerprint density at radius 2 is 2.05 bits per heavy atom. The molecule has 0 aliphatic heterocycles. The summed E-state index contributed by atoms with van der Waals surface area (Å²) in [6.07, 6.45) is 1.92. The summed E-state index contributed by atoms with van der Waals surface area (Å²) in [5, 5.41) is 9.01. The molecule has 3 rings (SSSR count). The number of halogens is 1. The molecule has 1 heterocycles. The minimum atomic E-state index is 0.773. The van der Waals surface area contributed by atoms with Gasteiger partial charge in [-0.15, -0.1) is 0 Å². The molecule has 2 aromatic carbocycles. The average molecular weight is 344 g/mol. The highest BCUT2D eigenvalue weighted by Gasteiger charge is 2.06. The molecule has 0 radical (unpaired) electrons. The molecule has 0 bridgehead atoms. The van der Waals surface area contributed by atoms with Crippen LogP contribution in [0, 0.1) is 0 Å². The lowest BCUT2D eigenvalue weighted by Crippen LogP contribution is -2.12. The van der Waals surface area contributed by atoms with Gasteiger partial charge in [0.1, 0.15) is 0 Å². The molecule has 0 aliphatic rings. The Kier molecular flexibility index (Phi) is 4.36. The molecule has 0 aliphatic carbocycles. The van der Waals surface area contributed by atoms with Crippen molar-refractivity contribution in [2.24, 2.45) is 0 Å². The Bertz CT molecular complexity index is 749. The van der Waals surface area contributed by atoms with E-state index < -0.39 is 0 Å². The fraction of sp³-hybridized carbons (Fsp3) is 0.235. The van der Waals surface area contributed by atoms with Gasteiger partial charge in [0.2, 0.25) is 0 Å². The third kappa shape index (κ3) is 3.17. The Morgan fingerprint density at radius 3 is 2.86 bits per heavy atom. The van der Waals surface area contributed by atoms with Gasteiger partial charge in [-0.2, -0.15) is 5.10 Å². The number of nitrogens with one attached hydrogen (secondary N) is 1. The molecule has 108 valence electrons. The van der Waals surface area contributed by atoms with Crippen LogP contribution < -0.4 is 5.32 Å². The number of hydrogen-bond acceptors (Lipinski definition) is 2. The molecule has 4 heteroatoms. The summed E-state index contributed by atoms with van der Waals surface area (Å²) in [6, 6.07) is 14.8. The molecule has 0 fully saturated rings. The highest BCUT2D eigenvalue weighted by Crippen LogP contribution is 2.21. The largest absolute Gasteiger partial charge is 0.313 e. The molecule has 1 aromatic heterocycles. The average Bonchev–Trinajstić information content (AvgIpc) is 2.91. The van der Waals surface area contributed by atoms with E-state index in [9.17, 15) is 0 Å². The van der Waals surface area contributed by atoms with Crippen LogP contribution in [0.1, 0.15) is 18.1 Å². The number of aromatic nitrogens is 2. The summed E-state index contributed by atoms with van der Waals surface area (Å²) in [5.41, 5.74) is 3.70. The van der Waals surface area contributed by atoms with Crippen molar-refractivity contribution in [1.29, 1.82) is 0 Å². The summed E-state index contributed by atoms with van der Waals surface area (Å²) >= 11 is 3.68. The van der Waals surface area contributed by atoms with Crippen LogP contribution in [0.25, 0.3) is 10.9 Å². The van der Waals surface area contributed by atoms with Crippen LogP contribution in [0.4, 0.5) is 0 Å². The second-order valence-corrected chi connectivity index (χ2v) is 5.92. The SMILES string of the molecule is CCNCc1ccc(Cn2ncc3ccccc32)c(Br)c1. The first kappa shape index (κ1) is 14.3. The number of nitrogens with zero attached hydrogens (tertiary/aromatic N) is 2. The third-order valence-corrected chi connectivity index (χ3v) is 4.31. The van der Waals surface area contributed by atoms with Gasteiger partial charge < -0.3 is 5.32 Å². The van der Waals surface area contributed by atoms with E-state index in [-0.39, 0.29) is 0 Å². The second-order valence-electron chi connectivity index (χ2n) is 5.07. The van der Waals surface area contributed by atoms with Gasteiger partial charge in [0, 0.05) is 16.4 Å². The summed E-state index contributed by atoms with van der Waals surface area (Å²) in [4.78, 5) is 0. The van der Waals surface area contributed by atoms with Gasteiger partial charge in [-0.05, 0) is 29.8 Å². The third-order valence-electron chi connectivity index (χ3n) is 3.57. The van der Waals surface area contributed by atoms with Crippen molar-refractivity contribution in [3.05, 3.63) is 64.3 Å². The summed E-state index contributed by atoms with van der Waals surface area (Å²) in [5.74, 6) is 0. The first-order valence-corrected chi connectivity index (χ1v) is 7.96. The van der Waals surface area contributed by atoms with Crippen molar-refractivity contribution < 1.29 is 0 Å². The van der Waals surface area contributed by atoms with Crippen LogP contribution in [0.15, 0.2) is 53.1 Å². The van der Waals surface area contributed by atoms with E-state index in [1.54, 1.807) is 0 Å². The minimum Gasteiger partial charge on any atom is -0.313 e. The lowest BCUT2D eigenvalue weighted by atomic mass is 10.1. The molecule has 0 saturated heterocycles. The number of para-hydroxylation sites is 1. The van der Waals surface area contributed by atoms with E-state index >= 15 is 0 Å². The highest BCUT2D eigenvalue weighted by atomic mass is 79.9. The smallest absolute Gasteiger partial charge is 0.0686 e. The fourth-order valence-corrected chi connectivity index (χ4v) is 2.96. The fourth-order valence-electron chi connectivity index (χ4n) is 2.41. The molecule has 1 N–H and O–H groups in total. The highest BCUT2D eigenvalue weighted by molar-refractivity contribution is 9.10. The van der Waals surface area contributed by atoms with Crippen LogP contribution in [-0.4, -0.2) is 16.3 Å². The predicted octanol–water partition coefficient (Wildman–Crippen LogP) is 3.96. The van der Waals surface area contributed by atoms with E-state index in [2.05, 4.69) is 69.7 Å². The zero-order chi connectivity index (χ0) is 14.7. The quantitative estimate of drug-likeness (QED) is 0.759. The van der Waals surface area contributed by atoms with Crippen molar-refractivity contribution >= 4 is 26.8 Å². The number of rotatable bonds is 5. The molecular formula is C17H18BrN3. The van der Waals surface area contributed by atoms with E-state index in [1.165, 1.54) is 22.0 Å². The lowest BCUT2D eigenvalue weighted by Gasteiger charge is -2.09. The van der Waals surface area contributed by atoms with Crippen molar-refractivity contribution in [3.63, 3.8) is 0 Å². The van der Waals surface area contributed by atoms with Crippen molar-refractivity contribution in [2.45, 2.75) is 20.0 Å². The topological polar surface area (TPSA) is 29.9 Å². The molecule has 0 amide bonds. The van der Waals surface area contributed by atoms with Crippen molar-refractivity contribution in [3.8, 4) is 0 Å². The van der Waals surface area contributed by atoms with Crippen LogP contribution in [0.3, 0.4) is 0 Å². The summed E-state index contributed by atoms with van der Waals surface area (Å²) in [7, 11) is 0. The molecule has 0 spiro atoms. The van der Waals surface area contributed by atoms with Gasteiger partial charge in [0.15, 0.2) is 0 Å². The van der Waals surface area contributed by atoms with Crippen molar-refractivity contribution in [2.75, 3.05) is 6.54 Å². The van der Waals surface area contributed by atoms with E-state index in [1.807, 2.05) is 16.9 Å². The summed E-state index contributed by atoms with van der Waals surface area (Å²) in [6.45, 7) is 4.78. The monoisotopic (exact) mass is 343 g/mol. The first-order valence-electron chi connectivity index (χ1n) is 7.16. The van der Waals surface area contributed by atoms with Gasteiger partial charge in [-0.25, -0.2) is 0 Å². The van der Waals surface area contributed by atoms with Crippen LogP contribution in [-0.2, 0) is 13.1 Å². The molecule has 0 unspecified atom stereocenters. The molecule has 0 atom stereocenters. The standard InChI is InChI=1S/C17H18BrN3/c1-2-19-10-13-7-8-15(16(18)9-13)12-21-17-6-4-3-5-14(17)11-20-21/h3-9,11,19H,2,10,12H2,1H3. The van der Waals surface area contributed by atoms with Crippen LogP contribution in [0.5, 0.6) is 0 Å². The van der Waals surface area contributed by atoms with Gasteiger partial charge in [0.25, 0.3) is 0 Å². The van der Waals surface area contributed by atoms with Gasteiger partial charge in [0.05, 0.1) is 18.3 Å². The Labute approximate surface area is 133 Å². The maximum absolute atomic E-state index is 4.49.